The summed E-state index contributed by atoms with van der Waals surface area (Å²) in [6.45, 7) is 1.62. The Hall–Kier alpha value is -2.95. The molecule has 0 aliphatic carbocycles. The average molecular weight is 350 g/mol. The van der Waals surface area contributed by atoms with E-state index in [-0.39, 0.29) is 0 Å². The Balaban J connectivity index is 1.61. The molecule has 1 unspecified atom stereocenters. The number of hydrogen-bond donors (Lipinski definition) is 3. The topological polar surface area (TPSA) is 101 Å². The van der Waals surface area contributed by atoms with Crippen molar-refractivity contribution in [1.82, 2.24) is 19.9 Å². The summed E-state index contributed by atoms with van der Waals surface area (Å²) in [4.78, 5) is 13.9. The van der Waals surface area contributed by atoms with Gasteiger partial charge in [0.05, 0.1) is 23.2 Å². The third-order valence-corrected chi connectivity index (χ3v) is 4.11. The lowest BCUT2D eigenvalue weighted by atomic mass is 10.2. The van der Waals surface area contributed by atoms with Crippen molar-refractivity contribution in [1.29, 1.82) is 5.26 Å². The van der Waals surface area contributed by atoms with Crippen molar-refractivity contribution >= 4 is 16.7 Å². The quantitative estimate of drug-likeness (QED) is 0.576. The third-order valence-electron chi connectivity index (χ3n) is 4.11. The second kappa shape index (κ2) is 8.43. The maximum atomic E-state index is 10.1. The molecule has 3 N–H and O–H groups in total. The molecule has 1 aromatic carbocycles. The minimum absolute atomic E-state index is 0.438. The number of aromatic nitrogens is 3. The summed E-state index contributed by atoms with van der Waals surface area (Å²) in [6.07, 6.45) is 3.44. The summed E-state index contributed by atoms with van der Waals surface area (Å²) in [5.74, 6) is 0.804. The van der Waals surface area contributed by atoms with Gasteiger partial charge in [-0.3, -0.25) is 4.98 Å². The molecule has 1 atom stereocenters. The number of nitrogens with one attached hydrogen (secondary N) is 2. The second-order valence-corrected chi connectivity index (χ2v) is 6.26. The zero-order valence-corrected chi connectivity index (χ0v) is 14.7. The number of fused-ring (bicyclic) bond motifs is 1. The Kier molecular flexibility index (Phi) is 5.79. The number of likely N-dealkylation sites (N-methyl/N-ethyl adjacent to an activating group) is 1. The molecule has 0 fully saturated rings. The molecule has 0 aliphatic heterocycles. The summed E-state index contributed by atoms with van der Waals surface area (Å²) in [6, 6.07) is 11.8. The van der Waals surface area contributed by atoms with Gasteiger partial charge in [0, 0.05) is 49.7 Å². The summed E-state index contributed by atoms with van der Waals surface area (Å²) >= 11 is 0. The Bertz CT molecular complexity index is 886. The van der Waals surface area contributed by atoms with E-state index in [0.29, 0.717) is 26.1 Å². The lowest BCUT2D eigenvalue weighted by molar-refractivity contribution is 0.137. The molecule has 0 amide bonds. The van der Waals surface area contributed by atoms with Crippen LogP contribution in [-0.2, 0) is 0 Å². The summed E-state index contributed by atoms with van der Waals surface area (Å²) in [5.41, 5.74) is 3.73. The molecular weight excluding hydrogens is 328 g/mol. The van der Waals surface area contributed by atoms with Crippen LogP contribution in [0.15, 0.2) is 42.7 Å². The normalized spacial score (nSPS) is 12.2. The second-order valence-electron chi connectivity index (χ2n) is 6.26. The number of nitriles is 1. The van der Waals surface area contributed by atoms with Gasteiger partial charge in [0.2, 0.25) is 0 Å². The highest BCUT2D eigenvalue weighted by Gasteiger charge is 2.09. The van der Waals surface area contributed by atoms with Crippen molar-refractivity contribution in [2.75, 3.05) is 32.0 Å². The smallest absolute Gasteiger partial charge is 0.138 e. The van der Waals surface area contributed by atoms with Crippen molar-refractivity contribution in [3.63, 3.8) is 0 Å². The molecule has 7 heteroatoms. The first-order valence-electron chi connectivity index (χ1n) is 8.53. The Morgan fingerprint density at radius 1 is 1.31 bits per heavy atom. The maximum Gasteiger partial charge on any atom is 0.138 e. The van der Waals surface area contributed by atoms with Gasteiger partial charge >= 0.3 is 0 Å². The first-order chi connectivity index (χ1) is 12.7. The van der Waals surface area contributed by atoms with E-state index in [1.807, 2.05) is 42.3 Å². The number of hydrogen-bond acceptors (Lipinski definition) is 6. The standard InChI is InChI=1S/C19H22N6O/c1-25(10-2-7-20)13-16(26)12-22-15-3-4-17-18(11-15)24-19(23-17)14-5-8-21-9-6-14/h3-6,8-9,11,16,22,26H,2,10,12-13H2,1H3,(H,23,24). The number of aliphatic hydroxyl groups is 1. The Labute approximate surface area is 152 Å². The summed E-state index contributed by atoms with van der Waals surface area (Å²) in [5, 5.41) is 22.0. The SMILES string of the molecule is CN(CCC#N)CC(O)CNc1ccc2nc(-c3ccncc3)[nH]c2c1. The number of imidazole rings is 1. The number of H-pyrrole nitrogens is 1. The summed E-state index contributed by atoms with van der Waals surface area (Å²) in [7, 11) is 1.90. The summed E-state index contributed by atoms with van der Waals surface area (Å²) < 4.78 is 0. The highest BCUT2D eigenvalue weighted by atomic mass is 16.3. The van der Waals surface area contributed by atoms with Crippen LogP contribution in [-0.4, -0.2) is 57.7 Å². The third kappa shape index (κ3) is 4.57. The van der Waals surface area contributed by atoms with Gasteiger partial charge in [-0.15, -0.1) is 0 Å². The molecule has 0 saturated carbocycles. The lowest BCUT2D eigenvalue weighted by Crippen LogP contribution is -2.34. The average Bonchev–Trinajstić information content (AvgIpc) is 3.09. The van der Waals surface area contributed by atoms with E-state index in [4.69, 9.17) is 5.26 Å². The molecule has 3 aromatic rings. The fourth-order valence-corrected chi connectivity index (χ4v) is 2.76. The van der Waals surface area contributed by atoms with Crippen molar-refractivity contribution in [3.05, 3.63) is 42.7 Å². The molecule has 3 rings (SSSR count). The van der Waals surface area contributed by atoms with Gasteiger partial charge in [0.1, 0.15) is 5.82 Å². The molecule has 134 valence electrons. The minimum atomic E-state index is -0.511. The Morgan fingerprint density at radius 3 is 2.88 bits per heavy atom. The van der Waals surface area contributed by atoms with Gasteiger partial charge in [0.25, 0.3) is 0 Å². The maximum absolute atomic E-state index is 10.1. The minimum Gasteiger partial charge on any atom is -0.390 e. The molecule has 0 saturated heterocycles. The van der Waals surface area contributed by atoms with E-state index in [9.17, 15) is 5.11 Å². The van der Waals surface area contributed by atoms with Crippen LogP contribution in [0.2, 0.25) is 0 Å². The number of aliphatic hydroxyl groups excluding tert-OH is 1. The first kappa shape index (κ1) is 17.9. The zero-order valence-electron chi connectivity index (χ0n) is 14.7. The van der Waals surface area contributed by atoms with Gasteiger partial charge in [-0.25, -0.2) is 4.98 Å². The van der Waals surface area contributed by atoms with Crippen LogP contribution in [0.4, 0.5) is 5.69 Å². The van der Waals surface area contributed by atoms with E-state index >= 15 is 0 Å². The van der Waals surface area contributed by atoms with Crippen LogP contribution in [0.3, 0.4) is 0 Å². The van der Waals surface area contributed by atoms with E-state index in [0.717, 1.165) is 28.1 Å². The van der Waals surface area contributed by atoms with Gasteiger partial charge in [-0.2, -0.15) is 5.26 Å². The fraction of sp³-hybridized carbons (Fsp3) is 0.316. The number of pyridine rings is 1. The number of benzene rings is 1. The van der Waals surface area contributed by atoms with Crippen molar-refractivity contribution in [3.8, 4) is 17.5 Å². The lowest BCUT2D eigenvalue weighted by Gasteiger charge is -2.20. The van der Waals surface area contributed by atoms with Crippen molar-refractivity contribution in [2.45, 2.75) is 12.5 Å². The van der Waals surface area contributed by atoms with Gasteiger partial charge < -0.3 is 20.3 Å². The Morgan fingerprint density at radius 2 is 2.12 bits per heavy atom. The molecule has 7 nitrogen and oxygen atoms in total. The molecule has 2 aromatic heterocycles. The number of nitrogens with zero attached hydrogens (tertiary/aromatic N) is 4. The van der Waals surface area contributed by atoms with E-state index in [2.05, 4.69) is 26.3 Å². The van der Waals surface area contributed by atoms with Crippen molar-refractivity contribution < 1.29 is 5.11 Å². The number of anilines is 1. The van der Waals surface area contributed by atoms with E-state index in [1.54, 1.807) is 12.4 Å². The van der Waals surface area contributed by atoms with Gasteiger partial charge in [0.15, 0.2) is 0 Å². The van der Waals surface area contributed by atoms with Gasteiger partial charge in [-0.1, -0.05) is 0 Å². The van der Waals surface area contributed by atoms with Crippen LogP contribution in [0, 0.1) is 11.3 Å². The van der Waals surface area contributed by atoms with Crippen LogP contribution < -0.4 is 5.32 Å². The zero-order chi connectivity index (χ0) is 18.4. The van der Waals surface area contributed by atoms with E-state index in [1.165, 1.54) is 0 Å². The number of rotatable bonds is 8. The largest absolute Gasteiger partial charge is 0.390 e. The molecular formula is C19H22N6O. The van der Waals surface area contributed by atoms with Crippen molar-refractivity contribution in [2.24, 2.45) is 0 Å². The van der Waals surface area contributed by atoms with E-state index < -0.39 is 6.10 Å². The molecule has 0 radical (unpaired) electrons. The predicted molar refractivity (Wildman–Crippen MR) is 102 cm³/mol. The molecule has 0 bridgehead atoms. The first-order valence-corrected chi connectivity index (χ1v) is 8.53. The highest BCUT2D eigenvalue weighted by molar-refractivity contribution is 5.82. The predicted octanol–water partition coefficient (Wildman–Crippen LogP) is 2.24. The molecule has 2 heterocycles. The van der Waals surface area contributed by atoms with Crippen LogP contribution in [0.5, 0.6) is 0 Å². The fourth-order valence-electron chi connectivity index (χ4n) is 2.76. The molecule has 0 spiro atoms. The van der Waals surface area contributed by atoms with Crippen LogP contribution in [0.25, 0.3) is 22.4 Å². The van der Waals surface area contributed by atoms with Crippen LogP contribution >= 0.6 is 0 Å². The molecule has 26 heavy (non-hydrogen) atoms. The monoisotopic (exact) mass is 350 g/mol. The molecule has 0 aliphatic rings. The van der Waals surface area contributed by atoms with Gasteiger partial charge in [-0.05, 0) is 37.4 Å². The van der Waals surface area contributed by atoms with Crippen LogP contribution in [0.1, 0.15) is 6.42 Å². The highest BCUT2D eigenvalue weighted by Crippen LogP contribution is 2.22. The number of aromatic amines is 1.